The van der Waals surface area contributed by atoms with E-state index in [2.05, 4.69) is 44.8 Å². The molecule has 0 bridgehead atoms. The molecule has 18 heavy (non-hydrogen) atoms. The zero-order valence-corrected chi connectivity index (χ0v) is 12.9. The normalized spacial score (nSPS) is 28.0. The van der Waals surface area contributed by atoms with Gasteiger partial charge < -0.3 is 14.9 Å². The highest BCUT2D eigenvalue weighted by Gasteiger charge is 2.37. The third-order valence-corrected chi connectivity index (χ3v) is 4.33. The molecule has 0 amide bonds. The Labute approximate surface area is 113 Å². The molecule has 1 rings (SSSR count). The smallest absolute Gasteiger partial charge is 0.0631 e. The summed E-state index contributed by atoms with van der Waals surface area (Å²) in [5, 5.41) is 10.4. The summed E-state index contributed by atoms with van der Waals surface area (Å²) in [6.45, 7) is 7.72. The van der Waals surface area contributed by atoms with Crippen LogP contribution in [0.15, 0.2) is 0 Å². The first-order valence-corrected chi connectivity index (χ1v) is 7.34. The van der Waals surface area contributed by atoms with Crippen molar-refractivity contribution in [1.82, 2.24) is 9.80 Å². The predicted molar refractivity (Wildman–Crippen MR) is 77.8 cm³/mol. The summed E-state index contributed by atoms with van der Waals surface area (Å²) in [5.74, 6) is 0.457. The van der Waals surface area contributed by atoms with Crippen LogP contribution in [0.25, 0.3) is 0 Å². The van der Waals surface area contributed by atoms with E-state index in [9.17, 15) is 5.11 Å². The first-order chi connectivity index (χ1) is 8.33. The number of nitrogens with zero attached hydrogens (tertiary/aromatic N) is 2. The number of aliphatic hydroxyl groups is 1. The Morgan fingerprint density at radius 2 is 1.83 bits per heavy atom. The molecule has 1 fully saturated rings. The summed E-state index contributed by atoms with van der Waals surface area (Å²) in [7, 11) is 6.42. The second-order valence-corrected chi connectivity index (χ2v) is 7.00. The molecule has 0 aromatic carbocycles. The van der Waals surface area contributed by atoms with E-state index in [1.807, 2.05) is 0 Å². The third-order valence-electron chi connectivity index (χ3n) is 4.33. The van der Waals surface area contributed by atoms with Crippen LogP contribution in [0, 0.1) is 11.3 Å². The Kier molecular flexibility index (Phi) is 6.09. The van der Waals surface area contributed by atoms with Gasteiger partial charge in [-0.05, 0) is 64.8 Å². The van der Waals surface area contributed by atoms with Crippen LogP contribution in [0.3, 0.4) is 0 Å². The lowest BCUT2D eigenvalue weighted by Gasteiger charge is -2.42. The van der Waals surface area contributed by atoms with Gasteiger partial charge in [0.1, 0.15) is 0 Å². The van der Waals surface area contributed by atoms with Crippen molar-refractivity contribution < 1.29 is 5.11 Å². The number of hydrogen-bond acceptors (Lipinski definition) is 3. The van der Waals surface area contributed by atoms with Crippen LogP contribution in [-0.4, -0.2) is 61.8 Å². The van der Waals surface area contributed by atoms with Gasteiger partial charge in [-0.2, -0.15) is 0 Å². The summed E-state index contributed by atoms with van der Waals surface area (Å²) in [6.07, 6.45) is 4.68. The van der Waals surface area contributed by atoms with Gasteiger partial charge in [0.05, 0.1) is 6.10 Å². The quantitative estimate of drug-likeness (QED) is 0.788. The first-order valence-electron chi connectivity index (χ1n) is 7.34. The minimum Gasteiger partial charge on any atom is -0.392 e. The molecule has 2 unspecified atom stereocenters. The zero-order chi connectivity index (χ0) is 13.8. The minimum absolute atomic E-state index is 0.105. The molecule has 1 aliphatic carbocycles. The second kappa shape index (κ2) is 6.88. The fraction of sp³-hybridized carbons (Fsp3) is 1.00. The minimum atomic E-state index is -0.137. The lowest BCUT2D eigenvalue weighted by atomic mass is 9.69. The lowest BCUT2D eigenvalue weighted by molar-refractivity contribution is -0.0409. The van der Waals surface area contributed by atoms with E-state index in [0.717, 1.165) is 26.1 Å². The van der Waals surface area contributed by atoms with E-state index >= 15 is 0 Å². The summed E-state index contributed by atoms with van der Waals surface area (Å²) in [4.78, 5) is 4.62. The van der Waals surface area contributed by atoms with Crippen LogP contribution in [0.5, 0.6) is 0 Å². The molecule has 108 valence electrons. The second-order valence-electron chi connectivity index (χ2n) is 7.00. The highest BCUT2D eigenvalue weighted by molar-refractivity contribution is 4.89. The molecule has 3 nitrogen and oxygen atoms in total. The number of rotatable bonds is 6. The molecule has 1 N–H and O–H groups in total. The molecule has 0 saturated heterocycles. The SMILES string of the molecule is CN(C)CCCN(C)CC1CCCC(C)(C)C1O. The monoisotopic (exact) mass is 256 g/mol. The van der Waals surface area contributed by atoms with Gasteiger partial charge in [-0.1, -0.05) is 20.3 Å². The first kappa shape index (κ1) is 15.9. The van der Waals surface area contributed by atoms with Crippen molar-refractivity contribution in [2.45, 2.75) is 45.6 Å². The van der Waals surface area contributed by atoms with Crippen LogP contribution >= 0.6 is 0 Å². The van der Waals surface area contributed by atoms with Gasteiger partial charge in [0, 0.05) is 6.54 Å². The van der Waals surface area contributed by atoms with Crippen molar-refractivity contribution in [1.29, 1.82) is 0 Å². The van der Waals surface area contributed by atoms with Crippen molar-refractivity contribution in [3.63, 3.8) is 0 Å². The van der Waals surface area contributed by atoms with E-state index in [1.165, 1.54) is 19.3 Å². The Bertz CT molecular complexity index is 241. The molecule has 0 spiro atoms. The molecule has 1 aliphatic rings. The molecule has 1 saturated carbocycles. The molecule has 0 aliphatic heterocycles. The van der Waals surface area contributed by atoms with Gasteiger partial charge in [0.25, 0.3) is 0 Å². The Morgan fingerprint density at radius 1 is 1.17 bits per heavy atom. The number of hydrogen-bond donors (Lipinski definition) is 1. The molecule has 0 radical (unpaired) electrons. The van der Waals surface area contributed by atoms with Gasteiger partial charge in [-0.15, -0.1) is 0 Å². The van der Waals surface area contributed by atoms with Crippen molar-refractivity contribution in [3.05, 3.63) is 0 Å². The van der Waals surface area contributed by atoms with Crippen molar-refractivity contribution in [3.8, 4) is 0 Å². The van der Waals surface area contributed by atoms with Crippen molar-refractivity contribution in [2.24, 2.45) is 11.3 Å². The Morgan fingerprint density at radius 3 is 2.44 bits per heavy atom. The summed E-state index contributed by atoms with van der Waals surface area (Å²) in [5.41, 5.74) is 0.105. The van der Waals surface area contributed by atoms with Crippen LogP contribution < -0.4 is 0 Å². The topological polar surface area (TPSA) is 26.7 Å². The van der Waals surface area contributed by atoms with E-state index in [0.29, 0.717) is 5.92 Å². The van der Waals surface area contributed by atoms with Crippen LogP contribution in [0.4, 0.5) is 0 Å². The van der Waals surface area contributed by atoms with Crippen molar-refractivity contribution in [2.75, 3.05) is 40.8 Å². The summed E-state index contributed by atoms with van der Waals surface area (Å²) < 4.78 is 0. The molecule has 3 heteroatoms. The third kappa shape index (κ3) is 4.87. The molecule has 0 heterocycles. The molecular formula is C15H32N2O. The van der Waals surface area contributed by atoms with Gasteiger partial charge in [-0.3, -0.25) is 0 Å². The van der Waals surface area contributed by atoms with Gasteiger partial charge >= 0.3 is 0 Å². The van der Waals surface area contributed by atoms with Crippen LogP contribution in [-0.2, 0) is 0 Å². The highest BCUT2D eigenvalue weighted by Crippen LogP contribution is 2.39. The summed E-state index contributed by atoms with van der Waals surface area (Å²) in [6, 6.07) is 0. The van der Waals surface area contributed by atoms with E-state index in [-0.39, 0.29) is 11.5 Å². The van der Waals surface area contributed by atoms with Gasteiger partial charge in [0.15, 0.2) is 0 Å². The highest BCUT2D eigenvalue weighted by atomic mass is 16.3. The van der Waals surface area contributed by atoms with Crippen LogP contribution in [0.1, 0.15) is 39.5 Å². The number of aliphatic hydroxyl groups excluding tert-OH is 1. The lowest BCUT2D eigenvalue weighted by Crippen LogP contribution is -2.44. The fourth-order valence-electron chi connectivity index (χ4n) is 3.10. The zero-order valence-electron chi connectivity index (χ0n) is 12.9. The van der Waals surface area contributed by atoms with Crippen LogP contribution in [0.2, 0.25) is 0 Å². The average Bonchev–Trinajstić information content (AvgIpc) is 2.24. The fourth-order valence-corrected chi connectivity index (χ4v) is 3.10. The average molecular weight is 256 g/mol. The molecule has 2 atom stereocenters. The Balaban J connectivity index is 2.32. The van der Waals surface area contributed by atoms with Gasteiger partial charge in [0.2, 0.25) is 0 Å². The predicted octanol–water partition coefficient (Wildman–Crippen LogP) is 2.06. The largest absolute Gasteiger partial charge is 0.392 e. The molecule has 0 aromatic heterocycles. The van der Waals surface area contributed by atoms with E-state index in [1.54, 1.807) is 0 Å². The van der Waals surface area contributed by atoms with Crippen molar-refractivity contribution >= 4 is 0 Å². The summed E-state index contributed by atoms with van der Waals surface area (Å²) >= 11 is 0. The maximum Gasteiger partial charge on any atom is 0.0631 e. The standard InChI is InChI=1S/C15H32N2O/c1-15(2)9-6-8-13(14(15)18)12-17(5)11-7-10-16(3)4/h13-14,18H,6-12H2,1-5H3. The molecular weight excluding hydrogens is 224 g/mol. The van der Waals surface area contributed by atoms with E-state index < -0.39 is 0 Å². The van der Waals surface area contributed by atoms with E-state index in [4.69, 9.17) is 0 Å². The maximum absolute atomic E-state index is 10.4. The Hall–Kier alpha value is -0.120. The maximum atomic E-state index is 10.4. The molecule has 0 aromatic rings. The van der Waals surface area contributed by atoms with Gasteiger partial charge in [-0.25, -0.2) is 0 Å².